The summed E-state index contributed by atoms with van der Waals surface area (Å²) in [6.07, 6.45) is -7.26. The Morgan fingerprint density at radius 3 is 2.62 bits per heavy atom. The van der Waals surface area contributed by atoms with Crippen LogP contribution in [-0.2, 0) is 36.7 Å². The van der Waals surface area contributed by atoms with Crippen molar-refractivity contribution < 1.29 is 46.2 Å². The highest BCUT2D eigenvalue weighted by Gasteiger charge is 2.52. The van der Waals surface area contributed by atoms with Gasteiger partial charge in [0.15, 0.2) is 30.1 Å². The zero-order chi connectivity index (χ0) is 29.9. The third-order valence-corrected chi connectivity index (χ3v) is 9.52. The minimum absolute atomic E-state index is 0.0761. The first-order valence-corrected chi connectivity index (χ1v) is 16.4. The molecule has 21 heteroatoms. The number of fused-ring (bicyclic) bond motifs is 3. The van der Waals surface area contributed by atoms with E-state index < -0.39 is 77.4 Å². The van der Waals surface area contributed by atoms with Crippen LogP contribution in [0.15, 0.2) is 19.0 Å². The molecule has 228 valence electrons. The predicted octanol–water partition coefficient (Wildman–Crippen LogP) is -0.459. The lowest BCUT2D eigenvalue weighted by atomic mass is 10.1. The first kappa shape index (κ1) is 29.6. The average molecular weight is 649 g/mol. The number of rotatable bonds is 2. The molecule has 3 aromatic rings. The van der Waals surface area contributed by atoms with E-state index in [0.717, 1.165) is 0 Å². The van der Waals surface area contributed by atoms with Crippen molar-refractivity contribution in [2.75, 3.05) is 18.9 Å². The summed E-state index contributed by atoms with van der Waals surface area (Å²) in [5.74, 6) is 0.0761. The Kier molecular flexibility index (Phi) is 7.93. The fourth-order valence-corrected chi connectivity index (χ4v) is 7.41. The molecule has 3 aliphatic rings. The number of ether oxygens (including phenoxy) is 2. The van der Waals surface area contributed by atoms with Crippen LogP contribution in [0.4, 0.5) is 10.2 Å². The molecule has 6 rings (SSSR count). The number of aliphatic hydroxyl groups excluding tert-OH is 1. The van der Waals surface area contributed by atoms with E-state index in [1.807, 2.05) is 0 Å². The highest BCUT2D eigenvalue weighted by Crippen LogP contribution is 2.57. The average Bonchev–Trinajstić information content (AvgIpc) is 3.68. The lowest BCUT2D eigenvalue weighted by molar-refractivity contribution is -0.0568. The van der Waals surface area contributed by atoms with Crippen LogP contribution in [0.5, 0.6) is 0 Å². The van der Waals surface area contributed by atoms with Crippen LogP contribution < -0.4 is 22.2 Å². The zero-order valence-electron chi connectivity index (χ0n) is 21.8. The summed E-state index contributed by atoms with van der Waals surface area (Å²) in [7, 11) is -3.33. The molecule has 0 spiro atoms. The van der Waals surface area contributed by atoms with Crippen LogP contribution in [0.1, 0.15) is 19.4 Å². The van der Waals surface area contributed by atoms with Gasteiger partial charge in [0.05, 0.1) is 31.2 Å². The Morgan fingerprint density at radius 2 is 1.88 bits per heavy atom. The number of aliphatic hydroxyl groups is 1. The summed E-state index contributed by atoms with van der Waals surface area (Å²) in [4.78, 5) is 16.2. The SMILES string of the molecule is C=c1/c(=C(\C)N)ncn1[C@@H]1O[C@@H]2CO[P@](=O)(S)O[C@H]3[C@@H](F)[C@H](n4cnc5c(N)ncnc54)O[C@@H]3CO[PH](=O)O[C@H]2[C@H]1O. The van der Waals surface area contributed by atoms with Gasteiger partial charge in [-0.3, -0.25) is 18.2 Å². The van der Waals surface area contributed by atoms with Crippen molar-refractivity contribution in [1.29, 1.82) is 0 Å². The fourth-order valence-electron chi connectivity index (χ4n) is 5.05. The summed E-state index contributed by atoms with van der Waals surface area (Å²) >= 11 is 4.02. The number of aromatic nitrogens is 6. The van der Waals surface area contributed by atoms with Crippen LogP contribution in [-0.4, -0.2) is 84.1 Å². The van der Waals surface area contributed by atoms with Crippen molar-refractivity contribution in [3.8, 4) is 0 Å². The number of nitrogens with two attached hydrogens (primary N) is 2. The molecule has 3 aromatic heterocycles. The maximum absolute atomic E-state index is 15.9. The normalized spacial score (nSPS) is 38.4. The topological polar surface area (TPSA) is 223 Å². The van der Waals surface area contributed by atoms with Gasteiger partial charge >= 0.3 is 15.1 Å². The van der Waals surface area contributed by atoms with Crippen LogP contribution in [0, 0.1) is 0 Å². The van der Waals surface area contributed by atoms with Gasteiger partial charge in [-0.15, -0.1) is 0 Å². The van der Waals surface area contributed by atoms with Gasteiger partial charge in [0.25, 0.3) is 0 Å². The molecular formula is C21H27FN8O9P2S. The maximum atomic E-state index is 15.9. The molecule has 5 N–H and O–H groups in total. The molecule has 3 fully saturated rings. The summed E-state index contributed by atoms with van der Waals surface area (Å²) in [6.45, 7) is 0.256. The second-order valence-electron chi connectivity index (χ2n) is 9.76. The van der Waals surface area contributed by atoms with Crippen molar-refractivity contribution in [2.24, 2.45) is 5.73 Å². The number of nitrogens with zero attached hydrogens (tertiary/aromatic N) is 6. The molecule has 1 unspecified atom stereocenters. The molecule has 6 heterocycles. The lowest BCUT2D eigenvalue weighted by Gasteiger charge is -2.26. The van der Waals surface area contributed by atoms with Crippen molar-refractivity contribution in [2.45, 2.75) is 56.1 Å². The third-order valence-electron chi connectivity index (χ3n) is 7.04. The standard InChI is InChI=1S/C21H27FN8O9P2S/c1-8(23)13-9(2)29(6-27-13)21-15(31)17-11(37-21)4-35-41(33,42)39-16-10(3-34-40(32)38-17)36-20(12(16)22)30-7-28-14-18(24)25-5-26-19(14)30/h5-7,10-12,15-17,20-21,31,40H,2-4,23H2,1H3,(H,33,42)(H2,24,25,26)/b13-8-/t10-,11-,12-,15-,16-,17-,20-,21-,41+/m1/s1. The van der Waals surface area contributed by atoms with Crippen molar-refractivity contribution in [3.05, 3.63) is 29.7 Å². The van der Waals surface area contributed by atoms with Gasteiger partial charge in [-0.25, -0.2) is 28.9 Å². The van der Waals surface area contributed by atoms with E-state index in [9.17, 15) is 14.2 Å². The molecule has 0 amide bonds. The smallest absolute Gasteiger partial charge is 0.386 e. The second-order valence-corrected chi connectivity index (χ2v) is 13.7. The molecule has 10 atom stereocenters. The second kappa shape index (κ2) is 11.2. The van der Waals surface area contributed by atoms with E-state index in [0.29, 0.717) is 16.4 Å². The summed E-state index contributed by atoms with van der Waals surface area (Å²) in [6, 6.07) is 0. The van der Waals surface area contributed by atoms with Gasteiger partial charge in [-0.05, 0) is 6.92 Å². The molecule has 17 nitrogen and oxygen atoms in total. The minimum Gasteiger partial charge on any atom is -0.400 e. The molecule has 0 bridgehead atoms. The Bertz CT molecular complexity index is 1690. The Balaban J connectivity index is 1.25. The first-order chi connectivity index (χ1) is 19.9. The van der Waals surface area contributed by atoms with E-state index in [-0.39, 0.29) is 17.0 Å². The number of halogens is 1. The first-order valence-electron chi connectivity index (χ1n) is 12.5. The van der Waals surface area contributed by atoms with Crippen LogP contribution >= 0.6 is 27.3 Å². The number of anilines is 1. The molecule has 0 aromatic carbocycles. The van der Waals surface area contributed by atoms with Crippen molar-refractivity contribution in [1.82, 2.24) is 29.1 Å². The van der Waals surface area contributed by atoms with Gasteiger partial charge in [-0.1, -0.05) is 18.8 Å². The lowest BCUT2D eigenvalue weighted by Crippen LogP contribution is -2.39. The van der Waals surface area contributed by atoms with Crippen LogP contribution in [0.2, 0.25) is 0 Å². The summed E-state index contributed by atoms with van der Waals surface area (Å²) in [5.41, 5.74) is 12.5. The minimum atomic E-state index is -4.29. The van der Waals surface area contributed by atoms with Crippen molar-refractivity contribution >= 4 is 56.6 Å². The van der Waals surface area contributed by atoms with Gasteiger partial charge in [0, 0.05) is 5.70 Å². The maximum Gasteiger partial charge on any atom is 0.386 e. The zero-order valence-corrected chi connectivity index (χ0v) is 24.6. The van der Waals surface area contributed by atoms with Gasteiger partial charge in [0.1, 0.15) is 47.7 Å². The van der Waals surface area contributed by atoms with Gasteiger partial charge in [-0.2, -0.15) is 0 Å². The largest absolute Gasteiger partial charge is 0.400 e. The van der Waals surface area contributed by atoms with E-state index in [1.54, 1.807) is 6.92 Å². The number of hydrogen-bond donors (Lipinski definition) is 4. The highest BCUT2D eigenvalue weighted by atomic mass is 32.7. The number of hydrogen-bond acceptors (Lipinski definition) is 15. The van der Waals surface area contributed by atoms with E-state index >= 15 is 4.39 Å². The van der Waals surface area contributed by atoms with E-state index in [2.05, 4.69) is 38.8 Å². The molecule has 0 aliphatic carbocycles. The number of nitrogen functional groups attached to an aromatic ring is 1. The van der Waals surface area contributed by atoms with Gasteiger partial charge in [0.2, 0.25) is 0 Å². The molecule has 3 aliphatic heterocycles. The Morgan fingerprint density at radius 1 is 1.17 bits per heavy atom. The number of imidazole rings is 2. The molecular weight excluding hydrogens is 621 g/mol. The highest BCUT2D eigenvalue weighted by molar-refractivity contribution is 8.44. The molecule has 0 radical (unpaired) electrons. The third kappa shape index (κ3) is 5.27. The monoisotopic (exact) mass is 648 g/mol. The van der Waals surface area contributed by atoms with Gasteiger partial charge < -0.3 is 39.7 Å². The Hall–Kier alpha value is -2.44. The fraction of sp³-hybridized carbons (Fsp3) is 0.524. The van der Waals surface area contributed by atoms with E-state index in [4.69, 9.17) is 39.0 Å². The number of alkyl halides is 1. The molecule has 0 saturated carbocycles. The summed E-state index contributed by atoms with van der Waals surface area (Å²) in [5, 5.41) is 11.8. The molecule has 3 saturated heterocycles. The van der Waals surface area contributed by atoms with Crippen LogP contribution in [0.3, 0.4) is 0 Å². The van der Waals surface area contributed by atoms with Crippen LogP contribution in [0.25, 0.3) is 23.4 Å². The summed E-state index contributed by atoms with van der Waals surface area (Å²) < 4.78 is 78.4. The molecule has 42 heavy (non-hydrogen) atoms. The number of thiol groups is 1. The quantitative estimate of drug-likeness (QED) is 0.204. The predicted molar refractivity (Wildman–Crippen MR) is 146 cm³/mol. The van der Waals surface area contributed by atoms with Crippen molar-refractivity contribution in [3.63, 3.8) is 0 Å². The van der Waals surface area contributed by atoms with E-state index in [1.165, 1.54) is 28.1 Å². The Labute approximate surface area is 242 Å².